The topological polar surface area (TPSA) is 98.9 Å². The fraction of sp³-hybridized carbons (Fsp3) is 0.429. The molecule has 6 heteroatoms. The maximum atomic E-state index is 12.4. The molecule has 20 heavy (non-hydrogen) atoms. The van der Waals surface area contributed by atoms with Gasteiger partial charge < -0.3 is 20.3 Å². The van der Waals surface area contributed by atoms with Gasteiger partial charge in [0.25, 0.3) is 0 Å². The summed E-state index contributed by atoms with van der Waals surface area (Å²) in [5, 5.41) is 9.00. The highest BCUT2D eigenvalue weighted by Gasteiger charge is 2.41. The van der Waals surface area contributed by atoms with Crippen molar-refractivity contribution < 1.29 is 24.2 Å². The Kier molecular flexibility index (Phi) is 5.24. The van der Waals surface area contributed by atoms with Gasteiger partial charge in [0.05, 0.1) is 13.8 Å². The number of hydrogen-bond donors (Lipinski definition) is 2. The van der Waals surface area contributed by atoms with Crippen molar-refractivity contribution in [1.29, 1.82) is 0 Å². The Bertz CT molecular complexity index is 502. The van der Waals surface area contributed by atoms with Gasteiger partial charge in [-0.25, -0.2) is 0 Å². The van der Waals surface area contributed by atoms with E-state index in [1.54, 1.807) is 24.3 Å². The van der Waals surface area contributed by atoms with Gasteiger partial charge in [0.2, 0.25) is 0 Å². The van der Waals surface area contributed by atoms with E-state index < -0.39 is 23.3 Å². The molecule has 3 N–H and O–H groups in total. The number of aliphatic carboxylic acids is 1. The van der Waals surface area contributed by atoms with Gasteiger partial charge in [-0.05, 0) is 31.5 Å². The highest BCUT2D eigenvalue weighted by atomic mass is 16.5. The first-order chi connectivity index (χ1) is 9.36. The summed E-state index contributed by atoms with van der Waals surface area (Å²) in [5.74, 6) is -2.42. The molecule has 1 aromatic rings. The summed E-state index contributed by atoms with van der Waals surface area (Å²) in [7, 11) is 1.50. The van der Waals surface area contributed by atoms with Gasteiger partial charge in [0, 0.05) is 0 Å². The average Bonchev–Trinajstić information content (AvgIpc) is 2.45. The zero-order chi connectivity index (χ0) is 15.3. The molecule has 0 aliphatic heterocycles. The number of carboxylic acids is 1. The molecule has 0 aliphatic rings. The lowest BCUT2D eigenvalue weighted by Gasteiger charge is -2.30. The monoisotopic (exact) mass is 281 g/mol. The van der Waals surface area contributed by atoms with Crippen molar-refractivity contribution in [3.8, 4) is 5.75 Å². The van der Waals surface area contributed by atoms with Crippen LogP contribution >= 0.6 is 0 Å². The zero-order valence-corrected chi connectivity index (χ0v) is 11.8. The summed E-state index contributed by atoms with van der Waals surface area (Å²) in [4.78, 5) is 23.4. The van der Waals surface area contributed by atoms with E-state index in [4.69, 9.17) is 20.3 Å². The fourth-order valence-electron chi connectivity index (χ4n) is 1.91. The molecule has 0 unspecified atom stereocenters. The summed E-state index contributed by atoms with van der Waals surface area (Å²) in [6, 6.07) is 6.72. The standard InChI is InChI=1S/C14H19NO5/c1-9(13(17)18)12(16)14(2,20-8-15)10-5-4-6-11(7-10)19-3/h4-7,9H,8,15H2,1-3H3,(H,17,18)/t9-,14-/m0/s1. The molecular formula is C14H19NO5. The first-order valence-electron chi connectivity index (χ1n) is 6.12. The Balaban J connectivity index is 3.25. The molecule has 0 saturated carbocycles. The van der Waals surface area contributed by atoms with E-state index in [1.165, 1.54) is 21.0 Å². The van der Waals surface area contributed by atoms with Gasteiger partial charge in [-0.2, -0.15) is 0 Å². The van der Waals surface area contributed by atoms with Crippen LogP contribution in [0.25, 0.3) is 0 Å². The maximum absolute atomic E-state index is 12.4. The van der Waals surface area contributed by atoms with Gasteiger partial charge in [-0.15, -0.1) is 0 Å². The van der Waals surface area contributed by atoms with Crippen LogP contribution in [0.4, 0.5) is 0 Å². The third-order valence-corrected chi connectivity index (χ3v) is 3.23. The number of methoxy groups -OCH3 is 1. The van der Waals surface area contributed by atoms with E-state index in [0.29, 0.717) is 11.3 Å². The summed E-state index contributed by atoms with van der Waals surface area (Å²) >= 11 is 0. The lowest BCUT2D eigenvalue weighted by atomic mass is 9.85. The number of nitrogens with two attached hydrogens (primary N) is 1. The minimum atomic E-state index is -1.43. The number of ketones is 1. The molecule has 0 amide bonds. The Hall–Kier alpha value is -1.92. The van der Waals surface area contributed by atoms with E-state index in [1.807, 2.05) is 0 Å². The molecule has 1 aromatic carbocycles. The number of rotatable bonds is 7. The maximum Gasteiger partial charge on any atom is 0.313 e. The number of carbonyl (C=O) groups is 2. The number of ether oxygens (including phenoxy) is 2. The second kappa shape index (κ2) is 6.49. The number of benzene rings is 1. The molecule has 0 heterocycles. The molecule has 0 aliphatic carbocycles. The third-order valence-electron chi connectivity index (χ3n) is 3.23. The van der Waals surface area contributed by atoms with Crippen molar-refractivity contribution in [1.82, 2.24) is 0 Å². The molecule has 0 fully saturated rings. The minimum Gasteiger partial charge on any atom is -0.497 e. The molecule has 0 radical (unpaired) electrons. The minimum absolute atomic E-state index is 0.203. The third kappa shape index (κ3) is 3.15. The van der Waals surface area contributed by atoms with Crippen molar-refractivity contribution >= 4 is 11.8 Å². The number of hydrogen-bond acceptors (Lipinski definition) is 5. The predicted octanol–water partition coefficient (Wildman–Crippen LogP) is 1.13. The molecule has 0 bridgehead atoms. The van der Waals surface area contributed by atoms with Crippen molar-refractivity contribution in [2.75, 3.05) is 13.8 Å². The molecule has 0 spiro atoms. The Morgan fingerprint density at radius 2 is 2.10 bits per heavy atom. The predicted molar refractivity (Wildman–Crippen MR) is 72.3 cm³/mol. The fourth-order valence-corrected chi connectivity index (χ4v) is 1.91. The van der Waals surface area contributed by atoms with E-state index in [9.17, 15) is 9.59 Å². The van der Waals surface area contributed by atoms with Crippen LogP contribution in [0.3, 0.4) is 0 Å². The smallest absolute Gasteiger partial charge is 0.313 e. The van der Waals surface area contributed by atoms with Crippen molar-refractivity contribution in [3.05, 3.63) is 29.8 Å². The van der Waals surface area contributed by atoms with Gasteiger partial charge in [0.15, 0.2) is 11.4 Å². The highest BCUT2D eigenvalue weighted by Crippen LogP contribution is 2.31. The quantitative estimate of drug-likeness (QED) is 0.574. The Morgan fingerprint density at radius 3 is 2.60 bits per heavy atom. The molecule has 0 saturated heterocycles. The number of carboxylic acid groups (broad SMARTS) is 1. The van der Waals surface area contributed by atoms with Crippen LogP contribution in [-0.2, 0) is 19.9 Å². The normalized spacial score (nSPS) is 15.2. The van der Waals surface area contributed by atoms with Gasteiger partial charge in [-0.1, -0.05) is 12.1 Å². The van der Waals surface area contributed by atoms with Crippen LogP contribution in [0.15, 0.2) is 24.3 Å². The van der Waals surface area contributed by atoms with Crippen LogP contribution in [-0.4, -0.2) is 30.7 Å². The van der Waals surface area contributed by atoms with E-state index >= 15 is 0 Å². The molecule has 110 valence electrons. The highest BCUT2D eigenvalue weighted by molar-refractivity contribution is 6.02. The van der Waals surface area contributed by atoms with Crippen LogP contribution in [0, 0.1) is 5.92 Å². The first kappa shape index (κ1) is 16.1. The van der Waals surface area contributed by atoms with Gasteiger partial charge >= 0.3 is 5.97 Å². The first-order valence-corrected chi connectivity index (χ1v) is 6.12. The van der Waals surface area contributed by atoms with Gasteiger partial charge in [0.1, 0.15) is 11.7 Å². The van der Waals surface area contributed by atoms with Crippen molar-refractivity contribution in [2.45, 2.75) is 19.4 Å². The van der Waals surface area contributed by atoms with Crippen LogP contribution in [0.2, 0.25) is 0 Å². The van der Waals surface area contributed by atoms with Crippen molar-refractivity contribution in [3.63, 3.8) is 0 Å². The zero-order valence-electron chi connectivity index (χ0n) is 11.8. The van der Waals surface area contributed by atoms with Crippen LogP contribution < -0.4 is 10.5 Å². The lowest BCUT2D eigenvalue weighted by molar-refractivity contribution is -0.157. The summed E-state index contributed by atoms with van der Waals surface area (Å²) in [5.41, 5.74) is 4.45. The Labute approximate surface area is 117 Å². The van der Waals surface area contributed by atoms with Crippen molar-refractivity contribution in [2.24, 2.45) is 11.7 Å². The molecule has 6 nitrogen and oxygen atoms in total. The summed E-state index contributed by atoms with van der Waals surface area (Å²) in [6.07, 6.45) is 0. The van der Waals surface area contributed by atoms with Crippen LogP contribution in [0.5, 0.6) is 5.75 Å². The second-order valence-corrected chi connectivity index (χ2v) is 4.50. The molecular weight excluding hydrogens is 262 g/mol. The number of Topliss-reactive ketones (excluding diaryl/α,β-unsaturated/α-hetero) is 1. The number of carbonyl (C=O) groups excluding carboxylic acids is 1. The molecule has 0 aromatic heterocycles. The largest absolute Gasteiger partial charge is 0.497 e. The van der Waals surface area contributed by atoms with E-state index in [-0.39, 0.29) is 6.73 Å². The van der Waals surface area contributed by atoms with Gasteiger partial charge in [-0.3, -0.25) is 9.59 Å². The SMILES string of the molecule is COc1cccc([C@](C)(OCN)C(=O)[C@H](C)C(=O)O)c1. The average molecular weight is 281 g/mol. The Morgan fingerprint density at radius 1 is 1.45 bits per heavy atom. The second-order valence-electron chi connectivity index (χ2n) is 4.50. The lowest BCUT2D eigenvalue weighted by Crippen LogP contribution is -2.42. The molecule has 1 rings (SSSR count). The van der Waals surface area contributed by atoms with E-state index in [0.717, 1.165) is 0 Å². The van der Waals surface area contributed by atoms with Crippen LogP contribution in [0.1, 0.15) is 19.4 Å². The van der Waals surface area contributed by atoms with E-state index in [2.05, 4.69) is 0 Å². The summed E-state index contributed by atoms with van der Waals surface area (Å²) < 4.78 is 10.5. The summed E-state index contributed by atoms with van der Waals surface area (Å²) in [6.45, 7) is 2.63. The molecule has 2 atom stereocenters.